The maximum absolute atomic E-state index is 13.5. The standard InChI is InChI=1S/C22H17FN2O4S/c1-2-29-16-9-5-14(6-10-16)19(26)17-18(13-3-7-15(23)8-4-13)25(21(28)20(17)27)22-24-11-12-30-22/h3-12,18,26H,2H2,1H3/b19-17-. The van der Waals surface area contributed by atoms with Gasteiger partial charge in [0.15, 0.2) is 5.13 Å². The van der Waals surface area contributed by atoms with Crippen molar-refractivity contribution in [3.63, 3.8) is 0 Å². The Morgan fingerprint density at radius 2 is 1.87 bits per heavy atom. The topological polar surface area (TPSA) is 79.7 Å². The first-order valence-electron chi connectivity index (χ1n) is 9.20. The Balaban J connectivity index is 1.86. The highest BCUT2D eigenvalue weighted by molar-refractivity contribution is 7.14. The van der Waals surface area contributed by atoms with Crippen LogP contribution in [0.15, 0.2) is 65.7 Å². The Labute approximate surface area is 175 Å². The molecule has 4 rings (SSSR count). The zero-order valence-electron chi connectivity index (χ0n) is 15.9. The maximum atomic E-state index is 13.5. The average molecular weight is 424 g/mol. The van der Waals surface area contributed by atoms with E-state index in [4.69, 9.17) is 4.74 Å². The summed E-state index contributed by atoms with van der Waals surface area (Å²) in [6, 6.07) is 11.1. The number of nitrogens with zero attached hydrogens (tertiary/aromatic N) is 2. The zero-order chi connectivity index (χ0) is 21.3. The number of thiazole rings is 1. The van der Waals surface area contributed by atoms with Gasteiger partial charge in [0.25, 0.3) is 5.78 Å². The Hall–Kier alpha value is -3.52. The average Bonchev–Trinajstić information content (AvgIpc) is 3.36. The second-order valence-electron chi connectivity index (χ2n) is 6.49. The fourth-order valence-electron chi connectivity index (χ4n) is 3.36. The molecule has 1 aliphatic rings. The van der Waals surface area contributed by atoms with E-state index >= 15 is 0 Å². The number of hydrogen-bond donors (Lipinski definition) is 1. The van der Waals surface area contributed by atoms with Gasteiger partial charge in [-0.1, -0.05) is 12.1 Å². The van der Waals surface area contributed by atoms with E-state index in [9.17, 15) is 19.1 Å². The van der Waals surface area contributed by atoms with Crippen LogP contribution >= 0.6 is 11.3 Å². The molecule has 1 aromatic heterocycles. The van der Waals surface area contributed by atoms with Crippen LogP contribution in [0.4, 0.5) is 9.52 Å². The van der Waals surface area contributed by atoms with Crippen LogP contribution in [0.3, 0.4) is 0 Å². The van der Waals surface area contributed by atoms with E-state index in [2.05, 4.69) is 4.98 Å². The normalized spacial score (nSPS) is 18.1. The van der Waals surface area contributed by atoms with Gasteiger partial charge >= 0.3 is 5.91 Å². The number of ether oxygens (including phenoxy) is 1. The van der Waals surface area contributed by atoms with E-state index < -0.39 is 23.5 Å². The molecule has 152 valence electrons. The summed E-state index contributed by atoms with van der Waals surface area (Å²) >= 11 is 1.19. The van der Waals surface area contributed by atoms with Crippen LogP contribution < -0.4 is 9.64 Å². The Bertz CT molecular complexity index is 1110. The largest absolute Gasteiger partial charge is 0.507 e. The van der Waals surface area contributed by atoms with Crippen molar-refractivity contribution in [3.05, 3.63) is 82.6 Å². The number of amides is 1. The smallest absolute Gasteiger partial charge is 0.301 e. The molecule has 1 unspecified atom stereocenters. The SMILES string of the molecule is CCOc1ccc(/C(O)=C2/C(=O)C(=O)N(c3nccs3)C2c2ccc(F)cc2)cc1. The summed E-state index contributed by atoms with van der Waals surface area (Å²) in [5, 5.41) is 13.0. The molecule has 0 aliphatic carbocycles. The van der Waals surface area contributed by atoms with E-state index in [1.54, 1.807) is 29.6 Å². The van der Waals surface area contributed by atoms with Gasteiger partial charge in [0.2, 0.25) is 0 Å². The molecule has 8 heteroatoms. The van der Waals surface area contributed by atoms with E-state index in [0.29, 0.717) is 28.6 Å². The number of aliphatic hydroxyl groups is 1. The Kier molecular flexibility index (Phi) is 5.33. The quantitative estimate of drug-likeness (QED) is 0.375. The number of aliphatic hydroxyl groups excluding tert-OH is 1. The monoisotopic (exact) mass is 424 g/mol. The predicted octanol–water partition coefficient (Wildman–Crippen LogP) is 4.31. The molecule has 1 fully saturated rings. The first kappa shape index (κ1) is 19.8. The molecular formula is C22H17FN2O4S. The molecule has 0 radical (unpaired) electrons. The van der Waals surface area contributed by atoms with Gasteiger partial charge in [-0.25, -0.2) is 9.37 Å². The lowest BCUT2D eigenvalue weighted by Crippen LogP contribution is -2.29. The minimum atomic E-state index is -0.927. The van der Waals surface area contributed by atoms with Gasteiger partial charge in [-0.3, -0.25) is 14.5 Å². The van der Waals surface area contributed by atoms with Crippen molar-refractivity contribution in [1.82, 2.24) is 4.98 Å². The fraction of sp³-hybridized carbons (Fsp3) is 0.136. The summed E-state index contributed by atoms with van der Waals surface area (Å²) < 4.78 is 18.9. The van der Waals surface area contributed by atoms with Crippen LogP contribution in [0.2, 0.25) is 0 Å². The first-order chi connectivity index (χ1) is 14.5. The van der Waals surface area contributed by atoms with Crippen molar-refractivity contribution in [2.24, 2.45) is 0 Å². The summed E-state index contributed by atoms with van der Waals surface area (Å²) in [5.74, 6) is -1.77. The number of benzene rings is 2. The third-order valence-corrected chi connectivity index (χ3v) is 5.47. The summed E-state index contributed by atoms with van der Waals surface area (Å²) in [7, 11) is 0. The second kappa shape index (κ2) is 8.08. The molecule has 2 aromatic carbocycles. The van der Waals surface area contributed by atoms with Crippen LogP contribution in [0.5, 0.6) is 5.75 Å². The Morgan fingerprint density at radius 3 is 2.47 bits per heavy atom. The van der Waals surface area contributed by atoms with Gasteiger partial charge in [0, 0.05) is 17.1 Å². The van der Waals surface area contributed by atoms with Crippen molar-refractivity contribution in [2.45, 2.75) is 13.0 Å². The third kappa shape index (κ3) is 3.46. The molecular weight excluding hydrogens is 407 g/mol. The highest BCUT2D eigenvalue weighted by Crippen LogP contribution is 2.42. The molecule has 1 saturated heterocycles. The number of Topliss-reactive ketones (excluding diaryl/α,β-unsaturated/α-hetero) is 1. The van der Waals surface area contributed by atoms with Crippen LogP contribution in [-0.2, 0) is 9.59 Å². The van der Waals surface area contributed by atoms with Crippen LogP contribution in [0.1, 0.15) is 24.1 Å². The number of carbonyl (C=O) groups is 2. The number of hydrogen-bond acceptors (Lipinski definition) is 6. The van der Waals surface area contributed by atoms with Crippen molar-refractivity contribution >= 4 is 33.9 Å². The maximum Gasteiger partial charge on any atom is 0.301 e. The van der Waals surface area contributed by atoms with Crippen LogP contribution in [0.25, 0.3) is 5.76 Å². The molecule has 1 N–H and O–H groups in total. The van der Waals surface area contributed by atoms with Gasteiger partial charge in [-0.2, -0.15) is 0 Å². The molecule has 0 bridgehead atoms. The van der Waals surface area contributed by atoms with Crippen LogP contribution in [-0.4, -0.2) is 28.4 Å². The van der Waals surface area contributed by atoms with Gasteiger partial charge < -0.3 is 9.84 Å². The van der Waals surface area contributed by atoms with Gasteiger partial charge in [0.05, 0.1) is 18.2 Å². The summed E-state index contributed by atoms with van der Waals surface area (Å²) in [4.78, 5) is 31.1. The molecule has 30 heavy (non-hydrogen) atoms. The molecule has 0 saturated carbocycles. The number of rotatable bonds is 5. The van der Waals surface area contributed by atoms with Crippen LogP contribution in [0, 0.1) is 5.82 Å². The first-order valence-corrected chi connectivity index (χ1v) is 10.1. The predicted molar refractivity (Wildman–Crippen MR) is 111 cm³/mol. The molecule has 1 aliphatic heterocycles. The van der Waals surface area contributed by atoms with Gasteiger partial charge in [-0.15, -0.1) is 11.3 Å². The molecule has 0 spiro atoms. The van der Waals surface area contributed by atoms with Crippen molar-refractivity contribution < 1.29 is 23.8 Å². The molecule has 1 atom stereocenters. The number of halogens is 1. The Morgan fingerprint density at radius 1 is 1.17 bits per heavy atom. The van der Waals surface area contributed by atoms with E-state index in [-0.39, 0.29) is 11.3 Å². The third-order valence-electron chi connectivity index (χ3n) is 4.69. The highest BCUT2D eigenvalue weighted by Gasteiger charge is 2.47. The van der Waals surface area contributed by atoms with Crippen molar-refractivity contribution in [2.75, 3.05) is 11.5 Å². The molecule has 6 nitrogen and oxygen atoms in total. The lowest BCUT2D eigenvalue weighted by molar-refractivity contribution is -0.132. The van der Waals surface area contributed by atoms with E-state index in [1.165, 1.54) is 46.7 Å². The fourth-order valence-corrected chi connectivity index (χ4v) is 4.02. The lowest BCUT2D eigenvalue weighted by atomic mass is 9.95. The lowest BCUT2D eigenvalue weighted by Gasteiger charge is -2.23. The minimum Gasteiger partial charge on any atom is -0.507 e. The number of carbonyl (C=O) groups excluding carboxylic acids is 2. The zero-order valence-corrected chi connectivity index (χ0v) is 16.7. The highest BCUT2D eigenvalue weighted by atomic mass is 32.1. The van der Waals surface area contributed by atoms with Gasteiger partial charge in [0.1, 0.15) is 17.3 Å². The number of anilines is 1. The minimum absolute atomic E-state index is 0.0778. The van der Waals surface area contributed by atoms with Gasteiger partial charge in [-0.05, 0) is 48.9 Å². The van der Waals surface area contributed by atoms with Crippen molar-refractivity contribution in [3.8, 4) is 5.75 Å². The van der Waals surface area contributed by atoms with E-state index in [1.807, 2.05) is 6.92 Å². The molecule has 1 amide bonds. The number of aromatic nitrogens is 1. The van der Waals surface area contributed by atoms with E-state index in [0.717, 1.165) is 0 Å². The number of ketones is 1. The summed E-state index contributed by atoms with van der Waals surface area (Å²) in [6.45, 7) is 2.35. The second-order valence-corrected chi connectivity index (χ2v) is 7.37. The van der Waals surface area contributed by atoms with Crippen molar-refractivity contribution in [1.29, 1.82) is 0 Å². The summed E-state index contributed by atoms with van der Waals surface area (Å²) in [5.41, 5.74) is 0.770. The molecule has 2 heterocycles. The summed E-state index contributed by atoms with van der Waals surface area (Å²) in [6.07, 6.45) is 1.52. The molecule has 3 aromatic rings.